The Hall–Kier alpha value is -5.73. The van der Waals surface area contributed by atoms with Gasteiger partial charge in [-0.1, -0.05) is 0 Å². The SMILES string of the molecule is c1ccc2c(c1)-c1ccccc1C21c2ccccc2-c2ccc(-n3c4ccccc4c4c5ccncc5c5[se]c6ccccc6c5c43)cc21. The normalized spacial score (nSPS) is 13.9. The maximum atomic E-state index is 4.64. The summed E-state index contributed by atoms with van der Waals surface area (Å²) in [6.45, 7) is 0. The van der Waals surface area contributed by atoms with Crippen molar-refractivity contribution in [2.75, 3.05) is 0 Å². The molecule has 2 aliphatic rings. The van der Waals surface area contributed by atoms with E-state index >= 15 is 0 Å². The predicted octanol–water partition coefficient (Wildman–Crippen LogP) is 11.0. The number of nitrogens with zero attached hydrogens (tertiary/aromatic N) is 2. The van der Waals surface area contributed by atoms with Gasteiger partial charge in [0, 0.05) is 0 Å². The average molecular weight is 686 g/mol. The van der Waals surface area contributed by atoms with Gasteiger partial charge in [0.25, 0.3) is 0 Å². The molecule has 1 spiro atoms. The molecule has 0 amide bonds. The summed E-state index contributed by atoms with van der Waals surface area (Å²) in [5.74, 6) is 0. The Morgan fingerprint density at radius 2 is 1.10 bits per heavy atom. The molecule has 226 valence electrons. The van der Waals surface area contributed by atoms with E-state index in [0.717, 1.165) is 0 Å². The molecular formula is C46H26N2Se. The van der Waals surface area contributed by atoms with Crippen LogP contribution < -0.4 is 0 Å². The molecule has 2 aliphatic carbocycles. The Kier molecular flexibility index (Phi) is 4.95. The zero-order valence-corrected chi connectivity index (χ0v) is 28.0. The van der Waals surface area contributed by atoms with Gasteiger partial charge in [-0.15, -0.1) is 0 Å². The minimum atomic E-state index is -0.385. The van der Waals surface area contributed by atoms with Gasteiger partial charge in [0.15, 0.2) is 0 Å². The van der Waals surface area contributed by atoms with Crippen LogP contribution in [0.15, 0.2) is 158 Å². The van der Waals surface area contributed by atoms with Crippen molar-refractivity contribution in [2.24, 2.45) is 0 Å². The number of pyridine rings is 1. The summed E-state index contributed by atoms with van der Waals surface area (Å²) in [4.78, 5) is 4.64. The van der Waals surface area contributed by atoms with Crippen molar-refractivity contribution in [3.05, 3.63) is 180 Å². The molecule has 7 aromatic carbocycles. The molecule has 12 rings (SSSR count). The number of hydrogen-bond acceptors (Lipinski definition) is 1. The van der Waals surface area contributed by atoms with Crippen LogP contribution in [-0.4, -0.2) is 24.1 Å². The molecule has 49 heavy (non-hydrogen) atoms. The van der Waals surface area contributed by atoms with E-state index < -0.39 is 0 Å². The van der Waals surface area contributed by atoms with Crippen LogP contribution in [0.25, 0.3) is 79.8 Å². The van der Waals surface area contributed by atoms with Gasteiger partial charge in [0.05, 0.1) is 0 Å². The van der Waals surface area contributed by atoms with Crippen LogP contribution in [0.3, 0.4) is 0 Å². The molecule has 0 N–H and O–H groups in total. The Bertz CT molecular complexity index is 3000. The summed E-state index contributed by atoms with van der Waals surface area (Å²) >= 11 is 0.198. The molecule has 0 bridgehead atoms. The van der Waals surface area contributed by atoms with Gasteiger partial charge in [0.1, 0.15) is 0 Å². The van der Waals surface area contributed by atoms with E-state index in [2.05, 4.69) is 161 Å². The van der Waals surface area contributed by atoms with Gasteiger partial charge < -0.3 is 0 Å². The molecule has 0 fully saturated rings. The Morgan fingerprint density at radius 1 is 0.490 bits per heavy atom. The van der Waals surface area contributed by atoms with Crippen LogP contribution in [0.1, 0.15) is 22.3 Å². The average Bonchev–Trinajstić information content (AvgIpc) is 3.89. The zero-order chi connectivity index (χ0) is 31.8. The summed E-state index contributed by atoms with van der Waals surface area (Å²) in [6, 6.07) is 54.8. The summed E-state index contributed by atoms with van der Waals surface area (Å²) in [5, 5.41) is 7.90. The summed E-state index contributed by atoms with van der Waals surface area (Å²) < 4.78 is 5.46. The third kappa shape index (κ3) is 3.08. The van der Waals surface area contributed by atoms with Crippen molar-refractivity contribution in [3.63, 3.8) is 0 Å². The second kappa shape index (κ2) is 9.24. The van der Waals surface area contributed by atoms with E-state index in [4.69, 9.17) is 0 Å². The van der Waals surface area contributed by atoms with Crippen LogP contribution in [0, 0.1) is 0 Å². The van der Waals surface area contributed by atoms with Crippen molar-refractivity contribution in [1.29, 1.82) is 0 Å². The first-order valence-electron chi connectivity index (χ1n) is 16.9. The fraction of sp³-hybridized carbons (Fsp3) is 0.0217. The van der Waals surface area contributed by atoms with E-state index in [1.807, 2.05) is 6.20 Å². The molecule has 3 heteroatoms. The fourth-order valence-electron chi connectivity index (χ4n) is 9.50. The molecule has 0 saturated heterocycles. The number of benzene rings is 7. The second-order valence-electron chi connectivity index (χ2n) is 13.4. The van der Waals surface area contributed by atoms with Gasteiger partial charge in [-0.2, -0.15) is 0 Å². The second-order valence-corrected chi connectivity index (χ2v) is 15.6. The van der Waals surface area contributed by atoms with Gasteiger partial charge in [-0.3, -0.25) is 0 Å². The van der Waals surface area contributed by atoms with Crippen molar-refractivity contribution in [3.8, 4) is 27.9 Å². The first kappa shape index (κ1) is 26.2. The van der Waals surface area contributed by atoms with Crippen molar-refractivity contribution >= 4 is 66.4 Å². The van der Waals surface area contributed by atoms with Gasteiger partial charge >= 0.3 is 290 Å². The van der Waals surface area contributed by atoms with Gasteiger partial charge in [-0.05, 0) is 0 Å². The van der Waals surface area contributed by atoms with Crippen LogP contribution >= 0.6 is 0 Å². The maximum absolute atomic E-state index is 4.64. The van der Waals surface area contributed by atoms with Gasteiger partial charge in [-0.25, -0.2) is 0 Å². The van der Waals surface area contributed by atoms with Crippen molar-refractivity contribution < 1.29 is 0 Å². The van der Waals surface area contributed by atoms with Gasteiger partial charge in [0.2, 0.25) is 0 Å². The molecular weight excluding hydrogens is 659 g/mol. The Morgan fingerprint density at radius 3 is 1.84 bits per heavy atom. The summed E-state index contributed by atoms with van der Waals surface area (Å²) in [7, 11) is 0. The first-order chi connectivity index (χ1) is 24.3. The predicted molar refractivity (Wildman–Crippen MR) is 204 cm³/mol. The summed E-state index contributed by atoms with van der Waals surface area (Å²) in [5.41, 5.74) is 14.1. The van der Waals surface area contributed by atoms with Crippen LogP contribution in [-0.2, 0) is 5.41 Å². The van der Waals surface area contributed by atoms with E-state index in [0.29, 0.717) is 0 Å². The molecule has 0 aliphatic heterocycles. The molecule has 0 unspecified atom stereocenters. The molecule has 0 atom stereocenters. The monoisotopic (exact) mass is 686 g/mol. The number of aromatic nitrogens is 2. The van der Waals surface area contributed by atoms with E-state index in [-0.39, 0.29) is 19.9 Å². The number of hydrogen-bond donors (Lipinski definition) is 0. The molecule has 3 aromatic heterocycles. The van der Waals surface area contributed by atoms with Crippen molar-refractivity contribution in [1.82, 2.24) is 9.55 Å². The standard InChI is InChI=1S/C46H26N2Se/c1-6-16-36-28(11-1)29-12-2-7-17-37(29)46(36)38-18-8-3-13-30(38)31-22-21-27(25-39(31)46)48-40-19-9-4-14-33(40)42-32-23-24-47-26-35(32)45-43(44(42)48)34-15-5-10-20-41(34)49-45/h1-26H. The van der Waals surface area contributed by atoms with Crippen LogP contribution in [0.5, 0.6) is 0 Å². The number of fused-ring (bicyclic) bond motifs is 20. The fourth-order valence-corrected chi connectivity index (χ4v) is 12.1. The van der Waals surface area contributed by atoms with E-state index in [9.17, 15) is 0 Å². The first-order valence-corrected chi connectivity index (χ1v) is 18.6. The molecule has 2 nitrogen and oxygen atoms in total. The number of para-hydroxylation sites is 1. The van der Waals surface area contributed by atoms with E-state index in [1.54, 1.807) is 0 Å². The molecule has 10 aromatic rings. The van der Waals surface area contributed by atoms with Crippen molar-refractivity contribution in [2.45, 2.75) is 5.41 Å². The minimum absolute atomic E-state index is 0.198. The van der Waals surface area contributed by atoms with E-state index in [1.165, 1.54) is 102 Å². The summed E-state index contributed by atoms with van der Waals surface area (Å²) in [6.07, 6.45) is 4.06. The third-order valence-corrected chi connectivity index (χ3v) is 13.8. The molecule has 0 radical (unpaired) electrons. The number of rotatable bonds is 1. The quantitative estimate of drug-likeness (QED) is 0.157. The zero-order valence-electron chi connectivity index (χ0n) is 26.3. The third-order valence-electron chi connectivity index (χ3n) is 11.3. The van der Waals surface area contributed by atoms with Crippen LogP contribution in [0.2, 0.25) is 0 Å². The molecule has 3 heterocycles. The van der Waals surface area contributed by atoms with Crippen LogP contribution in [0.4, 0.5) is 0 Å². The topological polar surface area (TPSA) is 17.8 Å². The Balaban J connectivity index is 1.28. The molecule has 0 saturated carbocycles. The Labute approximate surface area is 288 Å².